The molecule has 0 bridgehead atoms. The van der Waals surface area contributed by atoms with E-state index in [0.717, 1.165) is 6.42 Å². The van der Waals surface area contributed by atoms with Gasteiger partial charge in [0.15, 0.2) is 0 Å². The van der Waals surface area contributed by atoms with Crippen molar-refractivity contribution in [3.8, 4) is 0 Å². The Morgan fingerprint density at radius 2 is 2.17 bits per heavy atom. The van der Waals surface area contributed by atoms with Gasteiger partial charge in [0, 0.05) is 18.0 Å². The molecule has 0 aromatic carbocycles. The van der Waals surface area contributed by atoms with E-state index in [-0.39, 0.29) is 18.3 Å². The van der Waals surface area contributed by atoms with Crippen molar-refractivity contribution in [1.29, 1.82) is 0 Å². The summed E-state index contributed by atoms with van der Waals surface area (Å²) in [5.74, 6) is 0.611. The summed E-state index contributed by atoms with van der Waals surface area (Å²) in [7, 11) is 2.27. The van der Waals surface area contributed by atoms with E-state index in [1.807, 2.05) is 0 Å². The Bertz CT molecular complexity index is 343. The second kappa shape index (κ2) is 4.62. The van der Waals surface area contributed by atoms with Crippen molar-refractivity contribution in [3.05, 3.63) is 12.2 Å². The first-order chi connectivity index (χ1) is 8.66. The molecule has 18 heavy (non-hydrogen) atoms. The molecule has 1 saturated carbocycles. The van der Waals surface area contributed by atoms with E-state index in [2.05, 4.69) is 31.0 Å². The minimum Gasteiger partial charge on any atom is -0.393 e. The lowest BCUT2D eigenvalue weighted by molar-refractivity contribution is -0.146. The standard InChI is InChI=1S/C15H25NO2/c1-11-9-15(8-7-12(10-17)18-15)13-5-3-4-6-14(13)16(11)2/h7-8,11-14,17H,3-6,9-10H2,1-2H3/t11-,12?,13+,14+,15+/m1/s1. The Morgan fingerprint density at radius 3 is 2.89 bits per heavy atom. The van der Waals surface area contributed by atoms with Crippen LogP contribution in [0.15, 0.2) is 12.2 Å². The highest BCUT2D eigenvalue weighted by atomic mass is 16.5. The zero-order valence-electron chi connectivity index (χ0n) is 11.5. The molecular weight excluding hydrogens is 226 g/mol. The largest absolute Gasteiger partial charge is 0.393 e. The molecule has 0 aromatic heterocycles. The molecule has 1 N–H and O–H groups in total. The summed E-state index contributed by atoms with van der Waals surface area (Å²) in [4.78, 5) is 2.55. The van der Waals surface area contributed by atoms with E-state index < -0.39 is 0 Å². The Morgan fingerprint density at radius 1 is 1.39 bits per heavy atom. The quantitative estimate of drug-likeness (QED) is 0.723. The minimum absolute atomic E-state index is 0.0804. The number of rotatable bonds is 1. The number of nitrogens with zero attached hydrogens (tertiary/aromatic N) is 1. The van der Waals surface area contributed by atoms with Crippen molar-refractivity contribution in [2.24, 2.45) is 5.92 Å². The second-order valence-electron chi connectivity index (χ2n) is 6.33. The molecule has 5 atom stereocenters. The Labute approximate surface area is 110 Å². The summed E-state index contributed by atoms with van der Waals surface area (Å²) in [6, 6.07) is 1.22. The van der Waals surface area contributed by atoms with Crippen LogP contribution in [0.4, 0.5) is 0 Å². The first-order valence-corrected chi connectivity index (χ1v) is 7.36. The molecule has 1 unspecified atom stereocenters. The molecule has 3 aliphatic rings. The van der Waals surface area contributed by atoms with Crippen LogP contribution in [-0.4, -0.2) is 47.4 Å². The predicted octanol–water partition coefficient (Wildman–Crippen LogP) is 1.96. The molecule has 102 valence electrons. The van der Waals surface area contributed by atoms with Crippen molar-refractivity contribution >= 4 is 0 Å². The molecule has 0 aromatic rings. The van der Waals surface area contributed by atoms with Crippen molar-refractivity contribution in [1.82, 2.24) is 4.90 Å². The molecule has 2 aliphatic heterocycles. The molecule has 2 fully saturated rings. The number of likely N-dealkylation sites (tertiary alicyclic amines) is 1. The van der Waals surface area contributed by atoms with Crippen LogP contribution in [0.5, 0.6) is 0 Å². The van der Waals surface area contributed by atoms with E-state index in [0.29, 0.717) is 18.0 Å². The third-order valence-corrected chi connectivity index (χ3v) is 5.33. The average Bonchev–Trinajstić information content (AvgIpc) is 2.81. The number of ether oxygens (including phenoxy) is 1. The van der Waals surface area contributed by atoms with E-state index in [4.69, 9.17) is 4.74 Å². The highest BCUT2D eigenvalue weighted by molar-refractivity contribution is 5.19. The third kappa shape index (κ3) is 1.84. The maximum absolute atomic E-state index is 9.31. The normalized spacial score (nSPS) is 48.6. The lowest BCUT2D eigenvalue weighted by Crippen LogP contribution is -2.60. The molecule has 1 spiro atoms. The predicted molar refractivity (Wildman–Crippen MR) is 71.4 cm³/mol. The summed E-state index contributed by atoms with van der Waals surface area (Å²) in [6.07, 6.45) is 10.6. The second-order valence-corrected chi connectivity index (χ2v) is 6.33. The van der Waals surface area contributed by atoms with Crippen molar-refractivity contribution in [3.63, 3.8) is 0 Å². The van der Waals surface area contributed by atoms with Gasteiger partial charge in [0.2, 0.25) is 0 Å². The van der Waals surface area contributed by atoms with Crippen molar-refractivity contribution in [2.75, 3.05) is 13.7 Å². The highest BCUT2D eigenvalue weighted by Gasteiger charge is 2.52. The number of fused-ring (bicyclic) bond motifs is 2. The first-order valence-electron chi connectivity index (χ1n) is 7.36. The van der Waals surface area contributed by atoms with Crippen LogP contribution in [-0.2, 0) is 4.74 Å². The number of hydrogen-bond donors (Lipinski definition) is 1. The van der Waals surface area contributed by atoms with E-state index in [9.17, 15) is 5.11 Å². The molecule has 2 heterocycles. The summed E-state index contributed by atoms with van der Waals surface area (Å²) < 4.78 is 6.24. The highest BCUT2D eigenvalue weighted by Crippen LogP contribution is 2.48. The topological polar surface area (TPSA) is 32.7 Å². The van der Waals surface area contributed by atoms with Crippen LogP contribution in [0.3, 0.4) is 0 Å². The number of hydrogen-bond acceptors (Lipinski definition) is 3. The average molecular weight is 251 g/mol. The number of piperidine rings is 1. The fourth-order valence-corrected chi connectivity index (χ4v) is 4.31. The van der Waals surface area contributed by atoms with Gasteiger partial charge in [-0.2, -0.15) is 0 Å². The van der Waals surface area contributed by atoms with Gasteiger partial charge in [0.1, 0.15) is 0 Å². The van der Waals surface area contributed by atoms with E-state index in [1.54, 1.807) is 0 Å². The SMILES string of the molecule is C[C@@H]1C[C@@]2(C=CC(CO)O2)[C@H]2CCCC[C@@H]2N1C. The molecule has 0 radical (unpaired) electrons. The Kier molecular flexibility index (Phi) is 3.25. The Hall–Kier alpha value is -0.380. The molecule has 1 aliphatic carbocycles. The van der Waals surface area contributed by atoms with Crippen LogP contribution in [0.1, 0.15) is 39.0 Å². The molecular formula is C15H25NO2. The minimum atomic E-state index is -0.0928. The van der Waals surface area contributed by atoms with Crippen molar-refractivity contribution in [2.45, 2.75) is 62.8 Å². The van der Waals surface area contributed by atoms with Gasteiger partial charge in [0.25, 0.3) is 0 Å². The van der Waals surface area contributed by atoms with Crippen LogP contribution in [0.25, 0.3) is 0 Å². The van der Waals surface area contributed by atoms with Gasteiger partial charge in [-0.15, -0.1) is 0 Å². The maximum atomic E-state index is 9.31. The molecule has 0 amide bonds. The monoisotopic (exact) mass is 251 g/mol. The zero-order valence-corrected chi connectivity index (χ0v) is 11.5. The summed E-state index contributed by atoms with van der Waals surface area (Å²) in [5.41, 5.74) is -0.0928. The molecule has 3 heteroatoms. The maximum Gasteiger partial charge on any atom is 0.0999 e. The number of aliphatic hydroxyl groups is 1. The van der Waals surface area contributed by atoms with Gasteiger partial charge >= 0.3 is 0 Å². The molecule has 3 nitrogen and oxygen atoms in total. The summed E-state index contributed by atoms with van der Waals surface area (Å²) >= 11 is 0. The lowest BCUT2D eigenvalue weighted by Gasteiger charge is -2.54. The van der Waals surface area contributed by atoms with Crippen molar-refractivity contribution < 1.29 is 9.84 Å². The third-order valence-electron chi connectivity index (χ3n) is 5.33. The summed E-state index contributed by atoms with van der Waals surface area (Å²) in [6.45, 7) is 2.41. The molecule has 1 saturated heterocycles. The smallest absolute Gasteiger partial charge is 0.0999 e. The van der Waals surface area contributed by atoms with Gasteiger partial charge in [-0.25, -0.2) is 0 Å². The zero-order chi connectivity index (χ0) is 12.8. The van der Waals surface area contributed by atoms with Gasteiger partial charge in [-0.3, -0.25) is 0 Å². The van der Waals surface area contributed by atoms with Gasteiger partial charge < -0.3 is 14.7 Å². The van der Waals surface area contributed by atoms with E-state index in [1.165, 1.54) is 25.7 Å². The van der Waals surface area contributed by atoms with Crippen LogP contribution < -0.4 is 0 Å². The van der Waals surface area contributed by atoms with Crippen LogP contribution in [0, 0.1) is 5.92 Å². The Balaban J connectivity index is 1.87. The van der Waals surface area contributed by atoms with E-state index >= 15 is 0 Å². The molecule has 3 rings (SSSR count). The first kappa shape index (κ1) is 12.6. The van der Waals surface area contributed by atoms with Gasteiger partial charge in [-0.1, -0.05) is 25.0 Å². The lowest BCUT2D eigenvalue weighted by atomic mass is 9.67. The fourth-order valence-electron chi connectivity index (χ4n) is 4.31. The number of aliphatic hydroxyl groups excluding tert-OH is 1. The van der Waals surface area contributed by atoms with Crippen LogP contribution in [0.2, 0.25) is 0 Å². The fraction of sp³-hybridized carbons (Fsp3) is 0.867. The van der Waals surface area contributed by atoms with Gasteiger partial charge in [-0.05, 0) is 33.2 Å². The van der Waals surface area contributed by atoms with Crippen LogP contribution >= 0.6 is 0 Å². The van der Waals surface area contributed by atoms with Gasteiger partial charge in [0.05, 0.1) is 18.3 Å². The summed E-state index contributed by atoms with van der Waals surface area (Å²) in [5, 5.41) is 9.31.